The monoisotopic (exact) mass is 264 g/mol. The van der Waals surface area contributed by atoms with Gasteiger partial charge in [-0.3, -0.25) is 0 Å². The van der Waals surface area contributed by atoms with Crippen molar-refractivity contribution in [2.75, 3.05) is 5.32 Å². The molecule has 0 saturated heterocycles. The summed E-state index contributed by atoms with van der Waals surface area (Å²) in [4.78, 5) is 4.19. The van der Waals surface area contributed by atoms with Crippen LogP contribution in [0.4, 0.5) is 5.82 Å². The molecule has 0 fully saturated rings. The second kappa shape index (κ2) is 4.84. The number of hydrogen-bond acceptors (Lipinski definition) is 4. The fourth-order valence-corrected chi connectivity index (χ4v) is 1.51. The third-order valence-electron chi connectivity index (χ3n) is 1.82. The molecule has 2 aromatic heterocycles. The van der Waals surface area contributed by atoms with Crippen molar-refractivity contribution in [2.45, 2.75) is 6.54 Å². The standard InChI is InChI=1S/C10H9BrN4/c11-9-4-2-5-12-10(9)13-7-8-3-1-6-14-15-8/h1-6H,7H2,(H,12,13). The Kier molecular flexibility index (Phi) is 3.24. The highest BCUT2D eigenvalue weighted by Gasteiger charge is 1.99. The molecule has 0 saturated carbocycles. The van der Waals surface area contributed by atoms with E-state index in [4.69, 9.17) is 0 Å². The summed E-state index contributed by atoms with van der Waals surface area (Å²) in [7, 11) is 0. The van der Waals surface area contributed by atoms with E-state index in [1.54, 1.807) is 12.4 Å². The number of aromatic nitrogens is 3. The van der Waals surface area contributed by atoms with E-state index in [0.29, 0.717) is 6.54 Å². The average molecular weight is 265 g/mol. The van der Waals surface area contributed by atoms with Gasteiger partial charge in [0.1, 0.15) is 5.82 Å². The number of nitrogens with one attached hydrogen (secondary N) is 1. The molecule has 76 valence electrons. The van der Waals surface area contributed by atoms with Crippen molar-refractivity contribution in [2.24, 2.45) is 0 Å². The molecule has 0 spiro atoms. The highest BCUT2D eigenvalue weighted by molar-refractivity contribution is 9.10. The molecule has 0 amide bonds. The zero-order valence-corrected chi connectivity index (χ0v) is 9.48. The van der Waals surface area contributed by atoms with E-state index >= 15 is 0 Å². The lowest BCUT2D eigenvalue weighted by molar-refractivity contribution is 0.920. The summed E-state index contributed by atoms with van der Waals surface area (Å²) < 4.78 is 0.939. The van der Waals surface area contributed by atoms with Crippen LogP contribution in [0.1, 0.15) is 5.69 Å². The Labute approximate surface area is 95.9 Å². The van der Waals surface area contributed by atoms with Crippen molar-refractivity contribution in [1.29, 1.82) is 0 Å². The highest BCUT2D eigenvalue weighted by Crippen LogP contribution is 2.18. The van der Waals surface area contributed by atoms with Gasteiger partial charge in [0.05, 0.1) is 16.7 Å². The van der Waals surface area contributed by atoms with Gasteiger partial charge in [-0.05, 0) is 40.2 Å². The average Bonchev–Trinajstić information content (AvgIpc) is 2.29. The lowest BCUT2D eigenvalue weighted by atomic mass is 10.4. The Bertz CT molecular complexity index is 432. The van der Waals surface area contributed by atoms with Gasteiger partial charge in [-0.2, -0.15) is 10.2 Å². The Balaban J connectivity index is 2.03. The molecule has 5 heteroatoms. The van der Waals surface area contributed by atoms with Gasteiger partial charge in [0, 0.05) is 12.4 Å². The van der Waals surface area contributed by atoms with E-state index < -0.39 is 0 Å². The zero-order chi connectivity index (χ0) is 10.5. The molecule has 1 N–H and O–H groups in total. The molecule has 15 heavy (non-hydrogen) atoms. The molecular weight excluding hydrogens is 256 g/mol. The predicted octanol–water partition coefficient (Wildman–Crippen LogP) is 2.25. The van der Waals surface area contributed by atoms with Gasteiger partial charge in [-0.1, -0.05) is 0 Å². The fraction of sp³-hybridized carbons (Fsp3) is 0.100. The van der Waals surface area contributed by atoms with E-state index in [1.165, 1.54) is 0 Å². The number of anilines is 1. The minimum absolute atomic E-state index is 0.615. The van der Waals surface area contributed by atoms with Gasteiger partial charge in [0.25, 0.3) is 0 Å². The Hall–Kier alpha value is -1.49. The van der Waals surface area contributed by atoms with Gasteiger partial charge >= 0.3 is 0 Å². The SMILES string of the molecule is Brc1cccnc1NCc1cccnn1. The van der Waals surface area contributed by atoms with E-state index in [1.807, 2.05) is 24.3 Å². The maximum absolute atomic E-state index is 4.19. The van der Waals surface area contributed by atoms with Crippen molar-refractivity contribution in [3.05, 3.63) is 46.8 Å². The summed E-state index contributed by atoms with van der Waals surface area (Å²) in [6.45, 7) is 0.615. The maximum atomic E-state index is 4.19. The molecule has 2 aromatic rings. The van der Waals surface area contributed by atoms with Crippen LogP contribution in [0.25, 0.3) is 0 Å². The Morgan fingerprint density at radius 1 is 1.20 bits per heavy atom. The third-order valence-corrected chi connectivity index (χ3v) is 2.46. The van der Waals surface area contributed by atoms with Gasteiger partial charge in [0.2, 0.25) is 0 Å². The minimum Gasteiger partial charge on any atom is -0.363 e. The van der Waals surface area contributed by atoms with Gasteiger partial charge in [-0.25, -0.2) is 4.98 Å². The van der Waals surface area contributed by atoms with Crippen LogP contribution >= 0.6 is 15.9 Å². The van der Waals surface area contributed by atoms with Gasteiger partial charge in [0.15, 0.2) is 0 Å². The van der Waals surface area contributed by atoms with E-state index in [0.717, 1.165) is 16.0 Å². The molecule has 0 radical (unpaired) electrons. The van der Waals surface area contributed by atoms with Crippen LogP contribution in [0.5, 0.6) is 0 Å². The maximum Gasteiger partial charge on any atom is 0.140 e. The van der Waals surface area contributed by atoms with Crippen LogP contribution in [0.15, 0.2) is 41.1 Å². The zero-order valence-electron chi connectivity index (χ0n) is 7.89. The number of rotatable bonds is 3. The van der Waals surface area contributed by atoms with E-state index in [-0.39, 0.29) is 0 Å². The largest absolute Gasteiger partial charge is 0.363 e. The lowest BCUT2D eigenvalue weighted by Crippen LogP contribution is -2.03. The topological polar surface area (TPSA) is 50.7 Å². The summed E-state index contributed by atoms with van der Waals surface area (Å²) >= 11 is 3.41. The van der Waals surface area contributed by atoms with Crippen molar-refractivity contribution in [3.63, 3.8) is 0 Å². The summed E-state index contributed by atoms with van der Waals surface area (Å²) in [5, 5.41) is 10.9. The van der Waals surface area contributed by atoms with Crippen LogP contribution in [0.2, 0.25) is 0 Å². The molecule has 0 unspecified atom stereocenters. The third kappa shape index (κ3) is 2.73. The molecule has 0 aromatic carbocycles. The van der Waals surface area contributed by atoms with Gasteiger partial charge < -0.3 is 5.32 Å². The predicted molar refractivity (Wildman–Crippen MR) is 61.3 cm³/mol. The molecule has 0 atom stereocenters. The van der Waals surface area contributed by atoms with Crippen molar-refractivity contribution in [1.82, 2.24) is 15.2 Å². The normalized spacial score (nSPS) is 9.93. The quantitative estimate of drug-likeness (QED) is 0.924. The molecule has 2 heterocycles. The smallest absolute Gasteiger partial charge is 0.140 e. The van der Waals surface area contributed by atoms with Crippen molar-refractivity contribution < 1.29 is 0 Å². The molecule has 0 bridgehead atoms. The summed E-state index contributed by atoms with van der Waals surface area (Å²) in [6.07, 6.45) is 3.39. The van der Waals surface area contributed by atoms with Crippen LogP contribution < -0.4 is 5.32 Å². The first-order valence-corrected chi connectivity index (χ1v) is 5.26. The number of pyridine rings is 1. The first kappa shape index (κ1) is 10.0. The fourth-order valence-electron chi connectivity index (χ4n) is 1.12. The summed E-state index contributed by atoms with van der Waals surface area (Å²) in [6, 6.07) is 7.58. The van der Waals surface area contributed by atoms with Gasteiger partial charge in [-0.15, -0.1) is 0 Å². The number of hydrogen-bond donors (Lipinski definition) is 1. The first-order chi connectivity index (χ1) is 7.36. The molecule has 2 rings (SSSR count). The Morgan fingerprint density at radius 2 is 2.07 bits per heavy atom. The number of halogens is 1. The molecule has 4 nitrogen and oxygen atoms in total. The van der Waals surface area contributed by atoms with Crippen molar-refractivity contribution in [3.8, 4) is 0 Å². The highest BCUT2D eigenvalue weighted by atomic mass is 79.9. The molecular formula is C10H9BrN4. The second-order valence-corrected chi connectivity index (χ2v) is 3.76. The minimum atomic E-state index is 0.615. The summed E-state index contributed by atoms with van der Waals surface area (Å²) in [5.41, 5.74) is 0.884. The molecule has 0 aliphatic carbocycles. The Morgan fingerprint density at radius 3 is 2.80 bits per heavy atom. The van der Waals surface area contributed by atoms with Crippen LogP contribution in [0, 0.1) is 0 Å². The van der Waals surface area contributed by atoms with E-state index in [2.05, 4.69) is 36.4 Å². The second-order valence-electron chi connectivity index (χ2n) is 2.90. The van der Waals surface area contributed by atoms with Crippen LogP contribution in [0.3, 0.4) is 0 Å². The van der Waals surface area contributed by atoms with Crippen molar-refractivity contribution >= 4 is 21.7 Å². The number of nitrogens with zero attached hydrogens (tertiary/aromatic N) is 3. The van der Waals surface area contributed by atoms with Crippen LogP contribution in [-0.2, 0) is 6.54 Å². The van der Waals surface area contributed by atoms with E-state index in [9.17, 15) is 0 Å². The molecule has 0 aliphatic heterocycles. The first-order valence-electron chi connectivity index (χ1n) is 4.47. The summed E-state index contributed by atoms with van der Waals surface area (Å²) in [5.74, 6) is 0.808. The lowest BCUT2D eigenvalue weighted by Gasteiger charge is -2.05. The molecule has 0 aliphatic rings. The van der Waals surface area contributed by atoms with Crippen LogP contribution in [-0.4, -0.2) is 15.2 Å².